The smallest absolute Gasteiger partial charge is 0.311 e. The van der Waals surface area contributed by atoms with Gasteiger partial charge in [-0.2, -0.15) is 0 Å². The number of aliphatic carboxylic acids is 1. The number of ether oxygens (including phenoxy) is 3. The Morgan fingerprint density at radius 1 is 0.615 bits per heavy atom. The summed E-state index contributed by atoms with van der Waals surface area (Å²) in [6.07, 6.45) is 0.848. The Labute approximate surface area is 381 Å². The van der Waals surface area contributed by atoms with E-state index in [4.69, 9.17) is 19.9 Å². The van der Waals surface area contributed by atoms with Crippen LogP contribution in [0, 0.1) is 17.8 Å². The van der Waals surface area contributed by atoms with Crippen LogP contribution in [-0.2, 0) is 28.6 Å². The summed E-state index contributed by atoms with van der Waals surface area (Å²) in [4.78, 5) is 37.8. The van der Waals surface area contributed by atoms with Gasteiger partial charge in [-0.1, -0.05) is 86.8 Å². The van der Waals surface area contributed by atoms with E-state index < -0.39 is 147 Å². The van der Waals surface area contributed by atoms with Gasteiger partial charge in [-0.05, 0) is 52.4 Å². The molecule has 2 aliphatic rings. The molecule has 0 spiro atoms. The summed E-state index contributed by atoms with van der Waals surface area (Å²) in [6.45, 7) is 6.73. The quantitative estimate of drug-likeness (QED) is 0.174. The summed E-state index contributed by atoms with van der Waals surface area (Å²) in [6, 6.07) is -1.15. The summed E-state index contributed by atoms with van der Waals surface area (Å²) in [5.74, 6) is -5.88. The van der Waals surface area contributed by atoms with Crippen molar-refractivity contribution in [2.24, 2.45) is 23.5 Å². The lowest BCUT2D eigenvalue weighted by Gasteiger charge is -2.41. The van der Waals surface area contributed by atoms with Crippen LogP contribution < -0.4 is 5.73 Å². The maximum atomic E-state index is 12.9. The van der Waals surface area contributed by atoms with Crippen LogP contribution in [0.15, 0.2) is 72.9 Å². The van der Waals surface area contributed by atoms with Gasteiger partial charge in [0.15, 0.2) is 6.29 Å². The minimum atomic E-state index is -1.95. The first-order chi connectivity index (χ1) is 30.6. The van der Waals surface area contributed by atoms with Crippen molar-refractivity contribution in [2.75, 3.05) is 0 Å². The maximum Gasteiger partial charge on any atom is 0.311 e. The molecule has 0 saturated carbocycles. The Balaban J connectivity index is 2.26. The zero-order chi connectivity index (χ0) is 48.8. The molecule has 18 unspecified atom stereocenters. The minimum Gasteiger partial charge on any atom is -0.481 e. The van der Waals surface area contributed by atoms with E-state index in [2.05, 4.69) is 0 Å². The first kappa shape index (κ1) is 57.7. The number of esters is 1. The molecule has 370 valence electrons. The van der Waals surface area contributed by atoms with Gasteiger partial charge in [0.2, 0.25) is 0 Å². The average Bonchev–Trinajstić information content (AvgIpc) is 3.22. The Morgan fingerprint density at radius 3 is 1.83 bits per heavy atom. The molecule has 18 heteroatoms. The van der Waals surface area contributed by atoms with Gasteiger partial charge in [0.05, 0.1) is 79.6 Å². The number of aliphatic hydroxyl groups is 10. The highest BCUT2D eigenvalue weighted by molar-refractivity contribution is 5.81. The van der Waals surface area contributed by atoms with Crippen LogP contribution in [0.1, 0.15) is 91.9 Å². The van der Waals surface area contributed by atoms with Crippen molar-refractivity contribution in [3.8, 4) is 0 Å². The van der Waals surface area contributed by atoms with E-state index in [1.165, 1.54) is 13.0 Å². The second-order valence-electron chi connectivity index (χ2n) is 17.4. The normalized spacial score (nSPS) is 42.5. The highest BCUT2D eigenvalue weighted by atomic mass is 16.7. The molecule has 65 heavy (non-hydrogen) atoms. The number of hydrogen-bond acceptors (Lipinski definition) is 17. The fourth-order valence-electron chi connectivity index (χ4n) is 7.45. The third-order valence-electron chi connectivity index (χ3n) is 11.7. The molecule has 0 aromatic heterocycles. The second kappa shape index (κ2) is 30.0. The van der Waals surface area contributed by atoms with Gasteiger partial charge in [-0.25, -0.2) is 0 Å². The van der Waals surface area contributed by atoms with E-state index in [-0.39, 0.29) is 31.6 Å². The molecule has 0 aliphatic carbocycles. The Hall–Kier alpha value is -3.47. The Morgan fingerprint density at radius 2 is 1.18 bits per heavy atom. The van der Waals surface area contributed by atoms with Gasteiger partial charge < -0.3 is 76.1 Å². The van der Waals surface area contributed by atoms with Crippen LogP contribution >= 0.6 is 0 Å². The van der Waals surface area contributed by atoms with Gasteiger partial charge in [-0.3, -0.25) is 14.4 Å². The standard InChI is InChI=1S/C47H75NO17/c1-27-17-15-13-11-9-7-5-6-8-10-12-14-16-18-35(65-47-45(60)42(48)44(59)30(4)64-47)26-39(56)41(46(61)62)38(55)24-34(52)23-37(54)36(53)20-19-31(49)21-32(50)22-33(51)25-40(57)63-29(3)28(2)43(27)58/h5-6,8,10-18,27-33,35-39,41-45,47,49-51,53-56,58-60H,7,9,19-26,48H2,1-4H3,(H,61,62)/b6-5+,10-8+,13-11+,14-12-,17-15+,18-16+. The topological polar surface area (TPSA) is 327 Å². The number of carboxylic acid groups (broad SMARTS) is 1. The molecule has 13 N–H and O–H groups in total. The first-order valence-corrected chi connectivity index (χ1v) is 22.4. The predicted octanol–water partition coefficient (Wildman–Crippen LogP) is 0.778. The van der Waals surface area contributed by atoms with Crippen molar-refractivity contribution in [1.82, 2.24) is 0 Å². The molecule has 2 rings (SSSR count). The highest BCUT2D eigenvalue weighted by Gasteiger charge is 2.43. The molecular formula is C47H75NO17. The largest absolute Gasteiger partial charge is 0.481 e. The van der Waals surface area contributed by atoms with Crippen LogP contribution in [0.25, 0.3) is 0 Å². The Bertz CT molecular complexity index is 1600. The van der Waals surface area contributed by atoms with E-state index in [1.54, 1.807) is 44.2 Å². The summed E-state index contributed by atoms with van der Waals surface area (Å²) in [7, 11) is 0. The number of aliphatic hydroxyl groups excluding tert-OH is 10. The Kier molecular flexibility index (Phi) is 26.6. The average molecular weight is 926 g/mol. The molecule has 2 aliphatic heterocycles. The molecule has 2 heterocycles. The summed E-state index contributed by atoms with van der Waals surface area (Å²) < 4.78 is 17.0. The molecule has 0 radical (unpaired) electrons. The number of carbonyl (C=O) groups excluding carboxylic acids is 2. The van der Waals surface area contributed by atoms with Crippen LogP contribution in [-0.4, -0.2) is 166 Å². The van der Waals surface area contributed by atoms with Crippen LogP contribution in [0.4, 0.5) is 0 Å². The van der Waals surface area contributed by atoms with Gasteiger partial charge in [0.25, 0.3) is 0 Å². The number of ketones is 1. The van der Waals surface area contributed by atoms with Crippen molar-refractivity contribution < 1.29 is 84.8 Å². The van der Waals surface area contributed by atoms with E-state index in [9.17, 15) is 70.6 Å². The second-order valence-corrected chi connectivity index (χ2v) is 17.4. The third kappa shape index (κ3) is 21.4. The molecule has 18 nitrogen and oxygen atoms in total. The summed E-state index contributed by atoms with van der Waals surface area (Å²) in [5, 5.41) is 116. The number of carbonyl (C=O) groups is 3. The van der Waals surface area contributed by atoms with Crippen molar-refractivity contribution in [1.29, 1.82) is 0 Å². The van der Waals surface area contributed by atoms with Crippen LogP contribution in [0.5, 0.6) is 0 Å². The van der Waals surface area contributed by atoms with E-state index in [1.807, 2.05) is 43.4 Å². The summed E-state index contributed by atoms with van der Waals surface area (Å²) in [5.41, 5.74) is 5.96. The summed E-state index contributed by atoms with van der Waals surface area (Å²) >= 11 is 0. The van der Waals surface area contributed by atoms with Crippen molar-refractivity contribution in [3.05, 3.63) is 72.9 Å². The van der Waals surface area contributed by atoms with E-state index in [0.29, 0.717) is 0 Å². The van der Waals surface area contributed by atoms with Crippen LogP contribution in [0.2, 0.25) is 0 Å². The number of rotatable bonds is 3. The fourth-order valence-corrected chi connectivity index (χ4v) is 7.45. The van der Waals surface area contributed by atoms with Crippen LogP contribution in [0.3, 0.4) is 0 Å². The molecular weight excluding hydrogens is 851 g/mol. The number of cyclic esters (lactones) is 1. The monoisotopic (exact) mass is 926 g/mol. The fraction of sp³-hybridized carbons (Fsp3) is 0.681. The third-order valence-corrected chi connectivity index (χ3v) is 11.7. The molecule has 18 atom stereocenters. The maximum absolute atomic E-state index is 12.9. The highest BCUT2D eigenvalue weighted by Crippen LogP contribution is 2.26. The number of Topliss-reactive ketones (excluding diaryl/α,β-unsaturated/α-hetero) is 1. The number of hydrogen-bond donors (Lipinski definition) is 12. The SMILES string of the molecule is CC1/C=C/C=C/CC/C=C/C=C/C=C\C=C\C(OC2OC(C)C(O)C(N)C2O)CC(O)C(C(=O)O)C(O)CC(=O)CC(O)C(O)CCC(O)CC(O)CC(O)CC(=O)OC(C)C(C)C1O. The van der Waals surface area contributed by atoms with Gasteiger partial charge in [0, 0.05) is 31.1 Å². The number of carboxylic acids is 1. The zero-order valence-electron chi connectivity index (χ0n) is 37.8. The lowest BCUT2D eigenvalue weighted by atomic mass is 9.88. The zero-order valence-corrected chi connectivity index (χ0v) is 37.8. The van der Waals surface area contributed by atoms with Gasteiger partial charge in [0.1, 0.15) is 23.9 Å². The minimum absolute atomic E-state index is 0.144. The molecule has 0 amide bonds. The molecule has 0 bridgehead atoms. The predicted molar refractivity (Wildman–Crippen MR) is 238 cm³/mol. The number of nitrogens with two attached hydrogens (primary N) is 1. The van der Waals surface area contributed by atoms with Crippen molar-refractivity contribution in [2.45, 2.75) is 184 Å². The lowest BCUT2D eigenvalue weighted by Crippen LogP contribution is -2.61. The molecule has 1 fully saturated rings. The first-order valence-electron chi connectivity index (χ1n) is 22.4. The van der Waals surface area contributed by atoms with Gasteiger partial charge >= 0.3 is 11.9 Å². The molecule has 0 aromatic carbocycles. The van der Waals surface area contributed by atoms with Crippen molar-refractivity contribution >= 4 is 17.7 Å². The number of allylic oxidation sites excluding steroid dienone is 10. The van der Waals surface area contributed by atoms with Crippen molar-refractivity contribution in [3.63, 3.8) is 0 Å². The van der Waals surface area contributed by atoms with Gasteiger partial charge in [-0.15, -0.1) is 0 Å². The lowest BCUT2D eigenvalue weighted by molar-refractivity contribution is -0.277. The molecule has 1 saturated heterocycles. The molecule has 0 aromatic rings. The van der Waals surface area contributed by atoms with E-state index >= 15 is 0 Å². The van der Waals surface area contributed by atoms with E-state index in [0.717, 1.165) is 12.8 Å².